The van der Waals surface area contributed by atoms with Crippen molar-refractivity contribution in [2.24, 2.45) is 13.0 Å². The van der Waals surface area contributed by atoms with E-state index in [4.69, 9.17) is 9.97 Å². The van der Waals surface area contributed by atoms with Crippen LogP contribution in [0.2, 0.25) is 0 Å². The minimum Gasteiger partial charge on any atom is -0.388 e. The number of hydrogen-bond donors (Lipinski definition) is 1. The number of anilines is 1. The highest BCUT2D eigenvalue weighted by atomic mass is 19.1. The molecule has 2 aliphatic rings. The minimum atomic E-state index is -0.997. The second-order valence-electron chi connectivity index (χ2n) is 9.32. The molecule has 2 aromatic heterocycles. The highest BCUT2D eigenvalue weighted by Crippen LogP contribution is 2.36. The second-order valence-corrected chi connectivity index (χ2v) is 9.32. The van der Waals surface area contributed by atoms with Crippen LogP contribution in [0.15, 0.2) is 30.6 Å². The fraction of sp³-hybridized carbons (Fsp3) is 0.440. The number of halogens is 2. The maximum atomic E-state index is 14.2. The minimum absolute atomic E-state index is 0.0164. The Hall–Kier alpha value is -3.40. The van der Waals surface area contributed by atoms with Gasteiger partial charge in [-0.3, -0.25) is 9.48 Å². The van der Waals surface area contributed by atoms with Crippen LogP contribution in [0.3, 0.4) is 0 Å². The Morgan fingerprint density at radius 1 is 1.14 bits per heavy atom. The molecule has 1 aromatic carbocycles. The number of hydrogen-bond acceptors (Lipinski definition) is 6. The van der Waals surface area contributed by atoms with E-state index in [0.717, 1.165) is 28.8 Å². The zero-order valence-electron chi connectivity index (χ0n) is 19.8. The average Bonchev–Trinajstić information content (AvgIpc) is 3.28. The number of carbonyl (C=O) groups is 1. The van der Waals surface area contributed by atoms with E-state index in [9.17, 15) is 18.7 Å². The number of aliphatic hydroxyl groups excluding tert-OH is 1. The lowest BCUT2D eigenvalue weighted by Gasteiger charge is -2.36. The lowest BCUT2D eigenvalue weighted by atomic mass is 9.87. The third-order valence-corrected chi connectivity index (χ3v) is 6.98. The first-order chi connectivity index (χ1) is 16.8. The molecule has 0 radical (unpaired) electrons. The molecule has 1 atom stereocenters. The fourth-order valence-electron chi connectivity index (χ4n) is 4.97. The number of rotatable bonds is 4. The molecule has 1 unspecified atom stereocenters. The van der Waals surface area contributed by atoms with Gasteiger partial charge in [0.1, 0.15) is 17.3 Å². The van der Waals surface area contributed by atoms with Gasteiger partial charge in [-0.1, -0.05) is 6.07 Å². The summed E-state index contributed by atoms with van der Waals surface area (Å²) in [5, 5.41) is 15.1. The Balaban J connectivity index is 1.40. The molecule has 184 valence electrons. The summed E-state index contributed by atoms with van der Waals surface area (Å²) in [6.07, 6.45) is 4.53. The summed E-state index contributed by atoms with van der Waals surface area (Å²) >= 11 is 0. The molecule has 0 spiro atoms. The summed E-state index contributed by atoms with van der Waals surface area (Å²) in [7, 11) is 1.84. The van der Waals surface area contributed by atoms with E-state index in [1.165, 1.54) is 12.1 Å². The first kappa shape index (κ1) is 23.3. The molecule has 10 heteroatoms. The van der Waals surface area contributed by atoms with Gasteiger partial charge in [-0.05, 0) is 24.8 Å². The second kappa shape index (κ2) is 9.33. The quantitative estimate of drug-likeness (QED) is 0.615. The van der Waals surface area contributed by atoms with E-state index in [1.54, 1.807) is 22.7 Å². The Bertz CT molecular complexity index is 1250. The molecule has 1 amide bonds. The van der Waals surface area contributed by atoms with E-state index in [0.29, 0.717) is 51.1 Å². The molecule has 3 aromatic rings. The number of aromatic nitrogens is 4. The SMILES string of the molecule is CC(=O)N1CCc2nc(N3CCC(C(O)c4ccc(F)cc4F)CC3)c(-c3cnn(C)c3)nc2C1. The standard InChI is InChI=1S/C25H28F2N6O2/c1-15(34)33-10-7-21-22(14-33)29-23(17-12-28-31(2)13-17)25(30-21)32-8-5-16(6-9-32)24(35)19-4-3-18(26)11-20(19)27/h3-4,11-13,16,24,35H,5-10,14H2,1-2H3. The summed E-state index contributed by atoms with van der Waals surface area (Å²) in [4.78, 5) is 25.8. The van der Waals surface area contributed by atoms with E-state index >= 15 is 0 Å². The molecule has 4 heterocycles. The predicted molar refractivity (Wildman–Crippen MR) is 125 cm³/mol. The smallest absolute Gasteiger partial charge is 0.219 e. The monoisotopic (exact) mass is 482 g/mol. The lowest BCUT2D eigenvalue weighted by Crippen LogP contribution is -2.38. The van der Waals surface area contributed by atoms with Crippen LogP contribution in [0.4, 0.5) is 14.6 Å². The van der Waals surface area contributed by atoms with Gasteiger partial charge in [-0.15, -0.1) is 0 Å². The van der Waals surface area contributed by atoms with Gasteiger partial charge < -0.3 is 14.9 Å². The van der Waals surface area contributed by atoms with Crippen LogP contribution in [0.25, 0.3) is 11.3 Å². The molecule has 0 saturated carbocycles. The Morgan fingerprint density at radius 2 is 1.91 bits per heavy atom. The average molecular weight is 483 g/mol. The lowest BCUT2D eigenvalue weighted by molar-refractivity contribution is -0.129. The van der Waals surface area contributed by atoms with Crippen molar-refractivity contribution in [3.05, 3.63) is 59.2 Å². The van der Waals surface area contributed by atoms with Gasteiger partial charge in [0.15, 0.2) is 5.82 Å². The molecule has 0 bridgehead atoms. The van der Waals surface area contributed by atoms with Gasteiger partial charge in [-0.2, -0.15) is 5.10 Å². The first-order valence-corrected chi connectivity index (χ1v) is 11.8. The van der Waals surface area contributed by atoms with Crippen LogP contribution in [0.1, 0.15) is 42.8 Å². The zero-order chi connectivity index (χ0) is 24.7. The first-order valence-electron chi connectivity index (χ1n) is 11.8. The third kappa shape index (κ3) is 4.62. The third-order valence-electron chi connectivity index (χ3n) is 6.98. The molecule has 5 rings (SSSR count). The van der Waals surface area contributed by atoms with Crippen LogP contribution in [0.5, 0.6) is 0 Å². The van der Waals surface area contributed by atoms with Crippen molar-refractivity contribution >= 4 is 11.7 Å². The highest BCUT2D eigenvalue weighted by molar-refractivity contribution is 5.74. The number of amides is 1. The number of fused-ring (bicyclic) bond motifs is 1. The topological polar surface area (TPSA) is 87.4 Å². The van der Waals surface area contributed by atoms with Crippen LogP contribution < -0.4 is 4.90 Å². The van der Waals surface area contributed by atoms with Gasteiger partial charge >= 0.3 is 0 Å². The Labute approximate surface area is 202 Å². The van der Waals surface area contributed by atoms with Crippen molar-refractivity contribution in [1.29, 1.82) is 0 Å². The molecule has 8 nitrogen and oxygen atoms in total. The van der Waals surface area contributed by atoms with Gasteiger partial charge in [0.25, 0.3) is 0 Å². The van der Waals surface area contributed by atoms with Gasteiger partial charge in [0.2, 0.25) is 5.91 Å². The summed E-state index contributed by atoms with van der Waals surface area (Å²) in [5.41, 5.74) is 3.37. The fourth-order valence-corrected chi connectivity index (χ4v) is 4.97. The maximum absolute atomic E-state index is 14.2. The predicted octanol–water partition coefficient (Wildman–Crippen LogP) is 3.01. The van der Waals surface area contributed by atoms with Crippen molar-refractivity contribution in [2.45, 2.75) is 38.8 Å². The maximum Gasteiger partial charge on any atom is 0.219 e. The Morgan fingerprint density at radius 3 is 2.57 bits per heavy atom. The van der Waals surface area contributed by atoms with E-state index in [2.05, 4.69) is 10.00 Å². The van der Waals surface area contributed by atoms with E-state index in [1.807, 2.05) is 13.2 Å². The van der Waals surface area contributed by atoms with Gasteiger partial charge in [0, 0.05) is 63.4 Å². The number of aliphatic hydroxyl groups is 1. The molecule has 0 aliphatic carbocycles. The zero-order valence-corrected chi connectivity index (χ0v) is 19.8. The molecule has 2 aliphatic heterocycles. The molecule has 1 N–H and O–H groups in total. The summed E-state index contributed by atoms with van der Waals surface area (Å²) in [5.74, 6) is -0.757. The van der Waals surface area contributed by atoms with Crippen molar-refractivity contribution in [3.8, 4) is 11.3 Å². The molecular weight excluding hydrogens is 454 g/mol. The molecular formula is C25H28F2N6O2. The summed E-state index contributed by atoms with van der Waals surface area (Å²) < 4.78 is 29.2. The Kier molecular flexibility index (Phi) is 6.22. The van der Waals surface area contributed by atoms with Crippen LogP contribution in [-0.4, -0.2) is 55.3 Å². The summed E-state index contributed by atoms with van der Waals surface area (Å²) in [6, 6.07) is 3.30. The normalized spacial score (nSPS) is 17.4. The van der Waals surface area contributed by atoms with Crippen molar-refractivity contribution in [3.63, 3.8) is 0 Å². The van der Waals surface area contributed by atoms with E-state index < -0.39 is 17.7 Å². The number of aryl methyl sites for hydroxylation is 1. The van der Waals surface area contributed by atoms with Crippen molar-refractivity contribution < 1.29 is 18.7 Å². The molecule has 1 fully saturated rings. The van der Waals surface area contributed by atoms with Gasteiger partial charge in [-0.25, -0.2) is 18.7 Å². The van der Waals surface area contributed by atoms with Crippen LogP contribution >= 0.6 is 0 Å². The molecule has 1 saturated heterocycles. The number of benzene rings is 1. The van der Waals surface area contributed by atoms with Crippen LogP contribution in [-0.2, 0) is 24.8 Å². The number of piperidine rings is 1. The summed E-state index contributed by atoms with van der Waals surface area (Å²) in [6.45, 7) is 3.84. The van der Waals surface area contributed by atoms with Gasteiger partial charge in [0.05, 0.1) is 30.2 Å². The largest absolute Gasteiger partial charge is 0.388 e. The van der Waals surface area contributed by atoms with Crippen molar-refractivity contribution in [2.75, 3.05) is 24.5 Å². The number of carbonyl (C=O) groups excluding carboxylic acids is 1. The van der Waals surface area contributed by atoms with E-state index in [-0.39, 0.29) is 17.4 Å². The van der Waals surface area contributed by atoms with Crippen molar-refractivity contribution in [1.82, 2.24) is 24.6 Å². The number of nitrogens with zero attached hydrogens (tertiary/aromatic N) is 6. The highest BCUT2D eigenvalue weighted by Gasteiger charge is 2.31. The van der Waals surface area contributed by atoms with Crippen LogP contribution in [0, 0.1) is 17.6 Å². The molecule has 35 heavy (non-hydrogen) atoms.